The monoisotopic (exact) mass is 358 g/mol. The van der Waals surface area contributed by atoms with Crippen LogP contribution in [-0.2, 0) is 23.8 Å². The van der Waals surface area contributed by atoms with Crippen molar-refractivity contribution in [3.63, 3.8) is 0 Å². The molecule has 2 fully saturated rings. The fraction of sp³-hybridized carbons (Fsp3) is 0.625. The van der Waals surface area contributed by atoms with E-state index in [2.05, 4.69) is 0 Å². The molecule has 1 aromatic carbocycles. The summed E-state index contributed by atoms with van der Waals surface area (Å²) in [6.07, 6.45) is -3.23. The molecular formula is C16H24NO6S+. The lowest BCUT2D eigenvalue weighted by atomic mass is 9.97. The van der Waals surface area contributed by atoms with Gasteiger partial charge in [-0.3, -0.25) is 4.18 Å². The molecule has 2 heterocycles. The van der Waals surface area contributed by atoms with Crippen molar-refractivity contribution in [1.82, 2.24) is 0 Å². The lowest BCUT2D eigenvalue weighted by molar-refractivity contribution is -0.732. The van der Waals surface area contributed by atoms with E-state index in [-0.39, 0.29) is 23.1 Å². The first-order valence-corrected chi connectivity index (χ1v) is 9.49. The maximum absolute atomic E-state index is 12.5. The number of aliphatic hydroxyl groups excluding tert-OH is 1. The molecule has 2 aliphatic heterocycles. The molecule has 0 unspecified atom stereocenters. The topological polar surface area (TPSA) is 98.7 Å². The van der Waals surface area contributed by atoms with Gasteiger partial charge >= 0.3 is 0 Å². The number of aliphatic hydroxyl groups is 1. The molecule has 24 heavy (non-hydrogen) atoms. The van der Waals surface area contributed by atoms with E-state index in [0.717, 1.165) is 5.56 Å². The Morgan fingerprint density at radius 1 is 1.29 bits per heavy atom. The van der Waals surface area contributed by atoms with Crippen LogP contribution < -0.4 is 5.32 Å². The van der Waals surface area contributed by atoms with Crippen molar-refractivity contribution in [2.45, 2.75) is 62.4 Å². The van der Waals surface area contributed by atoms with Gasteiger partial charge in [0.1, 0.15) is 18.2 Å². The predicted octanol–water partition coefficient (Wildman–Crippen LogP) is -0.475. The third-order valence-corrected chi connectivity index (χ3v) is 5.64. The van der Waals surface area contributed by atoms with Crippen LogP contribution in [0.25, 0.3) is 0 Å². The van der Waals surface area contributed by atoms with Gasteiger partial charge in [0.15, 0.2) is 12.4 Å². The molecule has 0 radical (unpaired) electrons. The Morgan fingerprint density at radius 3 is 2.58 bits per heavy atom. The Labute approximate surface area is 142 Å². The molecular weight excluding hydrogens is 334 g/mol. The van der Waals surface area contributed by atoms with Gasteiger partial charge in [-0.15, -0.1) is 0 Å². The minimum absolute atomic E-state index is 0.0461. The third kappa shape index (κ3) is 3.49. The summed E-state index contributed by atoms with van der Waals surface area (Å²) in [6, 6.07) is 6.25. The molecule has 2 aliphatic rings. The largest absolute Gasteiger partial charge is 0.384 e. The fourth-order valence-corrected chi connectivity index (χ4v) is 4.18. The third-order valence-electron chi connectivity index (χ3n) is 4.32. The average molecular weight is 358 g/mol. The summed E-state index contributed by atoms with van der Waals surface area (Å²) in [5.41, 5.74) is 0.948. The lowest BCUT2D eigenvalue weighted by Crippen LogP contribution is -2.99. The quantitative estimate of drug-likeness (QED) is 0.690. The summed E-state index contributed by atoms with van der Waals surface area (Å²) >= 11 is 0. The fourth-order valence-electron chi connectivity index (χ4n) is 3.11. The van der Waals surface area contributed by atoms with E-state index in [9.17, 15) is 13.5 Å². The van der Waals surface area contributed by atoms with Gasteiger partial charge in [-0.25, -0.2) is 0 Å². The number of hydrogen-bond donors (Lipinski definition) is 2. The van der Waals surface area contributed by atoms with Gasteiger partial charge in [-0.2, -0.15) is 8.42 Å². The summed E-state index contributed by atoms with van der Waals surface area (Å²) in [4.78, 5) is 0.0461. The molecule has 0 aromatic heterocycles. The molecule has 3 rings (SSSR count). The van der Waals surface area contributed by atoms with Crippen molar-refractivity contribution in [3.05, 3.63) is 29.8 Å². The Bertz CT molecular complexity index is 674. The highest BCUT2D eigenvalue weighted by atomic mass is 32.2. The van der Waals surface area contributed by atoms with Crippen molar-refractivity contribution < 1.29 is 32.5 Å². The van der Waals surface area contributed by atoms with Crippen LogP contribution >= 0.6 is 0 Å². The van der Waals surface area contributed by atoms with E-state index in [0.29, 0.717) is 6.61 Å². The van der Waals surface area contributed by atoms with Crippen LogP contribution in [0.3, 0.4) is 0 Å². The zero-order valence-electron chi connectivity index (χ0n) is 14.0. The van der Waals surface area contributed by atoms with Crippen molar-refractivity contribution in [2.75, 3.05) is 6.61 Å². The van der Waals surface area contributed by atoms with Gasteiger partial charge in [-0.1, -0.05) is 17.7 Å². The Kier molecular flexibility index (Phi) is 4.96. The summed E-state index contributed by atoms with van der Waals surface area (Å²) in [7, 11) is -4.02. The summed E-state index contributed by atoms with van der Waals surface area (Å²) in [5, 5.41) is 12.6. The second kappa shape index (κ2) is 6.70. The van der Waals surface area contributed by atoms with Crippen molar-refractivity contribution in [1.29, 1.82) is 0 Å². The molecule has 3 N–H and O–H groups in total. The van der Waals surface area contributed by atoms with Crippen LogP contribution in [0.5, 0.6) is 0 Å². The van der Waals surface area contributed by atoms with E-state index in [1.807, 2.05) is 26.1 Å². The maximum atomic E-state index is 12.5. The number of nitrogens with two attached hydrogens (primary N) is 1. The molecule has 2 saturated heterocycles. The van der Waals surface area contributed by atoms with Crippen molar-refractivity contribution in [3.8, 4) is 0 Å². The average Bonchev–Trinajstić information content (AvgIpc) is 2.95. The second-order valence-corrected chi connectivity index (χ2v) is 8.28. The maximum Gasteiger partial charge on any atom is 0.297 e. The second-order valence-electron chi connectivity index (χ2n) is 6.71. The molecule has 1 aromatic rings. The smallest absolute Gasteiger partial charge is 0.297 e. The first-order chi connectivity index (χ1) is 11.3. The summed E-state index contributed by atoms with van der Waals surface area (Å²) in [5.74, 6) is 0. The number of hydrogen-bond acceptors (Lipinski definition) is 6. The van der Waals surface area contributed by atoms with E-state index >= 15 is 0 Å². The number of benzene rings is 1. The van der Waals surface area contributed by atoms with E-state index in [4.69, 9.17) is 13.7 Å². The van der Waals surface area contributed by atoms with Crippen LogP contribution in [0.1, 0.15) is 19.4 Å². The molecule has 7 nitrogen and oxygen atoms in total. The van der Waals surface area contributed by atoms with Crippen LogP contribution in [-0.4, -0.2) is 56.8 Å². The Balaban J connectivity index is 1.81. The molecule has 2 bridgehead atoms. The van der Waals surface area contributed by atoms with Crippen LogP contribution in [0, 0.1) is 6.92 Å². The zero-order valence-corrected chi connectivity index (χ0v) is 14.8. The van der Waals surface area contributed by atoms with Crippen molar-refractivity contribution in [2.24, 2.45) is 0 Å². The van der Waals surface area contributed by atoms with Crippen LogP contribution in [0.2, 0.25) is 0 Å². The van der Waals surface area contributed by atoms with Crippen LogP contribution in [0.4, 0.5) is 0 Å². The van der Waals surface area contributed by atoms with Gasteiger partial charge < -0.3 is 19.9 Å². The Hall–Kier alpha value is -1.03. The van der Waals surface area contributed by atoms with E-state index in [1.165, 1.54) is 12.1 Å². The number of fused-ring (bicyclic) bond motifs is 2. The molecule has 0 aliphatic carbocycles. The lowest BCUT2D eigenvalue weighted by Gasteiger charge is -2.36. The normalized spacial score (nSPS) is 33.1. The number of quaternary nitrogens is 1. The molecule has 0 spiro atoms. The highest BCUT2D eigenvalue weighted by molar-refractivity contribution is 7.86. The SMILES string of the molecule is Cc1ccc(S(=O)(=O)O[C@@H]2[C@H]3OC[C@H](O3)[C@H]([NH2+]C(C)C)[C@@H]2O)cc1. The predicted molar refractivity (Wildman–Crippen MR) is 84.7 cm³/mol. The van der Waals surface area contributed by atoms with E-state index < -0.39 is 28.6 Å². The number of ether oxygens (including phenoxy) is 2. The highest BCUT2D eigenvalue weighted by Gasteiger charge is 2.54. The molecule has 0 amide bonds. The van der Waals surface area contributed by atoms with Gasteiger partial charge in [0.25, 0.3) is 10.1 Å². The minimum Gasteiger partial charge on any atom is -0.384 e. The van der Waals surface area contributed by atoms with Gasteiger partial charge in [0.2, 0.25) is 0 Å². The van der Waals surface area contributed by atoms with E-state index in [1.54, 1.807) is 12.1 Å². The van der Waals surface area contributed by atoms with Gasteiger partial charge in [-0.05, 0) is 32.9 Å². The van der Waals surface area contributed by atoms with Gasteiger partial charge in [0.05, 0.1) is 17.5 Å². The minimum atomic E-state index is -4.02. The van der Waals surface area contributed by atoms with Crippen LogP contribution in [0.15, 0.2) is 29.2 Å². The highest BCUT2D eigenvalue weighted by Crippen LogP contribution is 2.31. The summed E-state index contributed by atoms with van der Waals surface area (Å²) in [6.45, 7) is 6.18. The molecule has 8 heteroatoms. The molecule has 5 atom stereocenters. The summed E-state index contributed by atoms with van der Waals surface area (Å²) < 4.78 is 41.5. The first kappa shape index (κ1) is 17.8. The first-order valence-electron chi connectivity index (χ1n) is 8.08. The zero-order chi connectivity index (χ0) is 17.5. The molecule has 0 saturated carbocycles. The van der Waals surface area contributed by atoms with Gasteiger partial charge in [0, 0.05) is 0 Å². The number of aryl methyl sites for hydroxylation is 1. The standard InChI is InChI=1S/C16H23NO6S/c1-9(2)17-13-12-8-21-16(22-12)15(14(13)18)23-24(19,20)11-6-4-10(3)5-7-11/h4-7,9,12-18H,8H2,1-3H3/p+1/t12-,13-,14-,15-,16-/m0/s1. The molecule has 134 valence electrons. The Morgan fingerprint density at radius 2 is 1.96 bits per heavy atom. The van der Waals surface area contributed by atoms with Crippen molar-refractivity contribution >= 4 is 10.1 Å². The number of rotatable bonds is 5.